The van der Waals surface area contributed by atoms with E-state index in [9.17, 15) is 14.7 Å². The van der Waals surface area contributed by atoms with Crippen molar-refractivity contribution in [2.24, 2.45) is 10.2 Å². The number of aliphatic hydroxyl groups is 1. The van der Waals surface area contributed by atoms with Gasteiger partial charge in [0.15, 0.2) is 5.60 Å². The van der Waals surface area contributed by atoms with E-state index in [2.05, 4.69) is 32.5 Å². The molecule has 2 aromatic carbocycles. The second-order valence-electron chi connectivity index (χ2n) is 9.61. The van der Waals surface area contributed by atoms with Crippen LogP contribution < -0.4 is 15.0 Å². The monoisotopic (exact) mass is 525 g/mol. The van der Waals surface area contributed by atoms with Gasteiger partial charge in [-0.15, -0.1) is 5.10 Å². The molecule has 0 unspecified atom stereocenters. The number of fused-ring (bicyclic) bond motifs is 1. The summed E-state index contributed by atoms with van der Waals surface area (Å²) in [6.45, 7) is 3.21. The molecule has 0 saturated heterocycles. The molecule has 2 aliphatic heterocycles. The molecule has 10 nitrogen and oxygen atoms in total. The van der Waals surface area contributed by atoms with Crippen molar-refractivity contribution in [3.63, 3.8) is 0 Å². The molecule has 3 aromatic rings. The molecular formula is C29H27N5O5. The second-order valence-corrected chi connectivity index (χ2v) is 9.61. The molecule has 2 N–H and O–H groups in total. The number of aromatic nitrogens is 1. The van der Waals surface area contributed by atoms with Crippen molar-refractivity contribution in [2.75, 3.05) is 18.6 Å². The van der Waals surface area contributed by atoms with Crippen LogP contribution in [0.5, 0.6) is 5.75 Å². The Bertz CT molecular complexity index is 1540. The summed E-state index contributed by atoms with van der Waals surface area (Å²) in [6, 6.07) is 15.7. The maximum atomic E-state index is 13.2. The minimum atomic E-state index is -1.52. The number of hydrogen-bond donors (Lipinski definition) is 2. The topological polar surface area (TPSA) is 130 Å². The summed E-state index contributed by atoms with van der Waals surface area (Å²) in [5.41, 5.74) is 1.96. The van der Waals surface area contributed by atoms with Gasteiger partial charge in [-0.05, 0) is 37.6 Å². The molecule has 3 heterocycles. The lowest BCUT2D eigenvalue weighted by Gasteiger charge is -2.20. The fourth-order valence-corrected chi connectivity index (χ4v) is 4.22. The van der Waals surface area contributed by atoms with Gasteiger partial charge < -0.3 is 24.6 Å². The predicted octanol–water partition coefficient (Wildman–Crippen LogP) is 2.53. The smallest absolute Gasteiger partial charge is 0.268 e. The lowest BCUT2D eigenvalue weighted by Crippen LogP contribution is -2.51. The number of ether oxygens (including phenoxy) is 1. The molecule has 5 rings (SSSR count). The van der Waals surface area contributed by atoms with Crippen molar-refractivity contribution < 1.29 is 24.0 Å². The van der Waals surface area contributed by atoms with Crippen LogP contribution in [0.4, 0.5) is 5.69 Å². The fourth-order valence-electron chi connectivity index (χ4n) is 4.22. The number of nitrogens with one attached hydrogen (secondary N) is 1. The Balaban J connectivity index is 1.24. The number of hydrogen-bond acceptors (Lipinski definition) is 8. The molecule has 1 aromatic heterocycles. The second kappa shape index (κ2) is 10.6. The number of carbonyl (C=O) groups is 2. The number of likely N-dealkylation sites (N-methyl/N-ethyl adjacent to an activating group) is 1. The first-order chi connectivity index (χ1) is 18.7. The highest BCUT2D eigenvalue weighted by molar-refractivity contribution is 6.43. The van der Waals surface area contributed by atoms with Gasteiger partial charge in [0.2, 0.25) is 0 Å². The van der Waals surface area contributed by atoms with Crippen molar-refractivity contribution in [1.29, 1.82) is 0 Å². The summed E-state index contributed by atoms with van der Waals surface area (Å²) in [6.07, 6.45) is 0.918. The van der Waals surface area contributed by atoms with Crippen molar-refractivity contribution in [3.8, 4) is 17.6 Å². The number of aryl methyl sites for hydroxylation is 1. The van der Waals surface area contributed by atoms with Gasteiger partial charge >= 0.3 is 0 Å². The Morgan fingerprint density at radius 2 is 2.00 bits per heavy atom. The highest BCUT2D eigenvalue weighted by Gasteiger charge is 2.32. The van der Waals surface area contributed by atoms with E-state index in [0.29, 0.717) is 41.3 Å². The normalized spacial score (nSPS) is 18.0. The highest BCUT2D eigenvalue weighted by Crippen LogP contribution is 2.31. The molecular weight excluding hydrogens is 498 g/mol. The van der Waals surface area contributed by atoms with Crippen molar-refractivity contribution in [3.05, 3.63) is 77.2 Å². The number of anilines is 1. The molecule has 0 saturated carbocycles. The average molecular weight is 526 g/mol. The van der Waals surface area contributed by atoms with Gasteiger partial charge in [0.25, 0.3) is 11.8 Å². The lowest BCUT2D eigenvalue weighted by atomic mass is 10.0. The van der Waals surface area contributed by atoms with Gasteiger partial charge in [0.1, 0.15) is 35.6 Å². The van der Waals surface area contributed by atoms with Crippen molar-refractivity contribution in [1.82, 2.24) is 10.5 Å². The Labute approximate surface area is 225 Å². The summed E-state index contributed by atoms with van der Waals surface area (Å²) < 4.78 is 10.9. The van der Waals surface area contributed by atoms with Gasteiger partial charge in [-0.2, -0.15) is 5.10 Å². The molecule has 2 atom stereocenters. The largest absolute Gasteiger partial charge is 0.489 e. The summed E-state index contributed by atoms with van der Waals surface area (Å²) in [5.74, 6) is 5.96. The SMILES string of the molecule is Cc1cc([C@@](C)(O)C#Cc2ccc3c(c2)N(C)C(=O)[C@@H](NC(=O)C2=NN=C(Cc4ccccc4)C2)CO3)no1. The first-order valence-corrected chi connectivity index (χ1v) is 12.4. The van der Waals surface area contributed by atoms with E-state index >= 15 is 0 Å². The lowest BCUT2D eigenvalue weighted by molar-refractivity contribution is -0.124. The fraction of sp³-hybridized carbons (Fsp3) is 0.276. The Morgan fingerprint density at radius 3 is 2.74 bits per heavy atom. The molecule has 2 aliphatic rings. The van der Waals surface area contributed by atoms with E-state index in [1.807, 2.05) is 30.3 Å². The Kier molecular flexibility index (Phi) is 7.00. The summed E-state index contributed by atoms with van der Waals surface area (Å²) in [4.78, 5) is 27.6. The first-order valence-electron chi connectivity index (χ1n) is 12.4. The van der Waals surface area contributed by atoms with Crippen LogP contribution in [0.15, 0.2) is 69.3 Å². The number of rotatable bonds is 5. The first kappa shape index (κ1) is 25.9. The highest BCUT2D eigenvalue weighted by atomic mass is 16.5. The maximum Gasteiger partial charge on any atom is 0.268 e. The van der Waals surface area contributed by atoms with Crippen LogP contribution in [-0.4, -0.2) is 53.2 Å². The standard InChI is InChI=1S/C29H27N5O5/c1-18-13-26(33-39-18)29(2,37)12-11-20-9-10-25-24(15-20)34(3)28(36)23(17-38-25)30-27(35)22-16-21(31-32-22)14-19-7-5-4-6-8-19/h4-10,13,15,23,37H,14,16-17H2,1-3H3,(H,30,35)/t23-,29-/m0/s1. The molecule has 10 heteroatoms. The van der Waals surface area contributed by atoms with Gasteiger partial charge in [0, 0.05) is 31.5 Å². The van der Waals surface area contributed by atoms with Crippen molar-refractivity contribution in [2.45, 2.75) is 38.3 Å². The van der Waals surface area contributed by atoms with Crippen LogP contribution in [-0.2, 0) is 21.6 Å². The minimum Gasteiger partial charge on any atom is -0.489 e. The van der Waals surface area contributed by atoms with Gasteiger partial charge in [0.05, 0.1) is 11.4 Å². The molecule has 39 heavy (non-hydrogen) atoms. The summed E-state index contributed by atoms with van der Waals surface area (Å²) in [5, 5.41) is 25.5. The van der Waals surface area contributed by atoms with Crippen LogP contribution in [0.1, 0.15) is 35.9 Å². The summed E-state index contributed by atoms with van der Waals surface area (Å²) in [7, 11) is 1.61. The summed E-state index contributed by atoms with van der Waals surface area (Å²) >= 11 is 0. The third-order valence-corrected chi connectivity index (χ3v) is 6.43. The molecule has 0 spiro atoms. The van der Waals surface area contributed by atoms with Crippen LogP contribution in [0, 0.1) is 18.8 Å². The Hall–Kier alpha value is -4.75. The molecule has 0 fully saturated rings. The number of carbonyl (C=O) groups excluding carboxylic acids is 2. The molecule has 0 bridgehead atoms. The number of amides is 2. The minimum absolute atomic E-state index is 0.0435. The van der Waals surface area contributed by atoms with E-state index in [0.717, 1.165) is 11.3 Å². The quantitative estimate of drug-likeness (QED) is 0.493. The zero-order chi connectivity index (χ0) is 27.6. The van der Waals surface area contributed by atoms with Crippen LogP contribution >= 0.6 is 0 Å². The van der Waals surface area contributed by atoms with E-state index in [1.54, 1.807) is 38.2 Å². The maximum absolute atomic E-state index is 13.2. The van der Waals surface area contributed by atoms with E-state index in [4.69, 9.17) is 9.26 Å². The van der Waals surface area contributed by atoms with E-state index in [1.165, 1.54) is 11.8 Å². The van der Waals surface area contributed by atoms with Crippen molar-refractivity contribution >= 4 is 28.9 Å². The number of nitrogens with zero attached hydrogens (tertiary/aromatic N) is 4. The van der Waals surface area contributed by atoms with Crippen LogP contribution in [0.2, 0.25) is 0 Å². The van der Waals surface area contributed by atoms with Crippen LogP contribution in [0.25, 0.3) is 0 Å². The van der Waals surface area contributed by atoms with Gasteiger partial charge in [-0.3, -0.25) is 9.59 Å². The number of benzene rings is 2. The predicted molar refractivity (Wildman–Crippen MR) is 145 cm³/mol. The Morgan fingerprint density at radius 1 is 1.21 bits per heavy atom. The molecule has 0 radical (unpaired) electrons. The van der Waals surface area contributed by atoms with E-state index in [-0.39, 0.29) is 18.2 Å². The average Bonchev–Trinajstić information content (AvgIpc) is 3.57. The third-order valence-electron chi connectivity index (χ3n) is 6.43. The van der Waals surface area contributed by atoms with Gasteiger partial charge in [-0.25, -0.2) is 0 Å². The molecule has 2 amide bonds. The zero-order valence-electron chi connectivity index (χ0n) is 21.8. The zero-order valence-corrected chi connectivity index (χ0v) is 21.8. The van der Waals surface area contributed by atoms with Crippen LogP contribution in [0.3, 0.4) is 0 Å². The van der Waals surface area contributed by atoms with E-state index < -0.39 is 17.6 Å². The van der Waals surface area contributed by atoms with Gasteiger partial charge in [-0.1, -0.05) is 47.3 Å². The molecule has 0 aliphatic carbocycles. The molecule has 198 valence electrons. The third kappa shape index (κ3) is 5.73.